The molecule has 10 heteroatoms. The maximum Gasteiger partial charge on any atom is 0.332 e. The highest BCUT2D eigenvalue weighted by Crippen LogP contribution is 2.18. The third kappa shape index (κ3) is 4.48. The molecule has 2 heterocycles. The number of nitrogens with one attached hydrogen (secondary N) is 1. The summed E-state index contributed by atoms with van der Waals surface area (Å²) in [6.07, 6.45) is 0. The van der Waals surface area contributed by atoms with Gasteiger partial charge in [0.1, 0.15) is 17.1 Å². The Balaban J connectivity index is 1.63. The van der Waals surface area contributed by atoms with Crippen LogP contribution in [0, 0.1) is 5.82 Å². The van der Waals surface area contributed by atoms with E-state index in [1.807, 2.05) is 0 Å². The second kappa shape index (κ2) is 9.28. The number of carbonyl (C=O) groups excluding carboxylic acids is 1. The van der Waals surface area contributed by atoms with Crippen LogP contribution in [0.3, 0.4) is 0 Å². The molecule has 0 radical (unpaired) electrons. The molecular weight excluding hydrogens is 476 g/mol. The molecule has 0 aliphatic heterocycles. The predicted molar refractivity (Wildman–Crippen MR) is 124 cm³/mol. The standard InChI is InChI=1S/C22H16Cl2FN3O3S/c23-15-4-2-1-3-14(15)11-28-21(30)20-18(7-8-32-20)27(22(28)31)12-19(29)26-10-13-5-6-17(25)16(24)9-13/h1-9H,10-12H2,(H,26,29). The smallest absolute Gasteiger partial charge is 0.332 e. The SMILES string of the molecule is O=C(Cn1c(=O)n(Cc2ccccc2Cl)c(=O)c2sccc21)NCc1ccc(F)c(Cl)c1. The van der Waals surface area contributed by atoms with Gasteiger partial charge in [0.2, 0.25) is 5.91 Å². The van der Waals surface area contributed by atoms with Gasteiger partial charge in [-0.3, -0.25) is 18.7 Å². The number of thiophene rings is 1. The van der Waals surface area contributed by atoms with Crippen molar-refractivity contribution in [3.63, 3.8) is 0 Å². The first-order valence-corrected chi connectivity index (χ1v) is 11.1. The Morgan fingerprint density at radius 1 is 1.03 bits per heavy atom. The quantitative estimate of drug-likeness (QED) is 0.442. The number of fused-ring (bicyclic) bond motifs is 1. The van der Waals surface area contributed by atoms with E-state index in [4.69, 9.17) is 23.2 Å². The summed E-state index contributed by atoms with van der Waals surface area (Å²) in [5.41, 5.74) is 0.577. The zero-order chi connectivity index (χ0) is 22.8. The monoisotopic (exact) mass is 491 g/mol. The van der Waals surface area contributed by atoms with Crippen molar-refractivity contribution < 1.29 is 9.18 Å². The molecule has 6 nitrogen and oxygen atoms in total. The van der Waals surface area contributed by atoms with E-state index < -0.39 is 23.0 Å². The van der Waals surface area contributed by atoms with Crippen molar-refractivity contribution in [2.45, 2.75) is 19.6 Å². The van der Waals surface area contributed by atoms with Gasteiger partial charge in [0.15, 0.2) is 0 Å². The summed E-state index contributed by atoms with van der Waals surface area (Å²) in [6, 6.07) is 12.7. The molecule has 0 saturated heterocycles. The molecule has 0 bridgehead atoms. The predicted octanol–water partition coefficient (Wildman–Crippen LogP) is 4.04. The highest BCUT2D eigenvalue weighted by molar-refractivity contribution is 7.17. The summed E-state index contributed by atoms with van der Waals surface area (Å²) in [7, 11) is 0. The number of amides is 1. The van der Waals surface area contributed by atoms with Crippen molar-refractivity contribution in [3.05, 3.63) is 102 Å². The minimum Gasteiger partial charge on any atom is -0.350 e. The minimum atomic E-state index is -0.610. The Morgan fingerprint density at radius 3 is 2.56 bits per heavy atom. The Hall–Kier alpha value is -2.94. The zero-order valence-electron chi connectivity index (χ0n) is 16.5. The molecule has 4 rings (SSSR count). The van der Waals surface area contributed by atoms with Crippen molar-refractivity contribution in [1.29, 1.82) is 0 Å². The van der Waals surface area contributed by atoms with E-state index in [1.165, 1.54) is 34.1 Å². The Labute approximate surface area is 195 Å². The van der Waals surface area contributed by atoms with Gasteiger partial charge in [-0.05, 0) is 40.8 Å². The summed E-state index contributed by atoms with van der Waals surface area (Å²) in [5, 5.41) is 4.78. The number of rotatable bonds is 6. The van der Waals surface area contributed by atoms with E-state index in [9.17, 15) is 18.8 Å². The van der Waals surface area contributed by atoms with Gasteiger partial charge >= 0.3 is 5.69 Å². The fraction of sp³-hybridized carbons (Fsp3) is 0.136. The molecule has 4 aromatic rings. The lowest BCUT2D eigenvalue weighted by Crippen LogP contribution is -2.42. The molecule has 0 atom stereocenters. The van der Waals surface area contributed by atoms with E-state index >= 15 is 0 Å². The summed E-state index contributed by atoms with van der Waals surface area (Å²) in [5.74, 6) is -0.989. The average molecular weight is 492 g/mol. The molecule has 2 aromatic carbocycles. The van der Waals surface area contributed by atoms with E-state index in [0.717, 1.165) is 4.57 Å². The van der Waals surface area contributed by atoms with E-state index in [1.54, 1.807) is 35.7 Å². The lowest BCUT2D eigenvalue weighted by Gasteiger charge is -2.13. The lowest BCUT2D eigenvalue weighted by atomic mass is 10.2. The summed E-state index contributed by atoms with van der Waals surface area (Å²) in [4.78, 5) is 38.6. The van der Waals surface area contributed by atoms with Crippen molar-refractivity contribution >= 4 is 50.7 Å². The van der Waals surface area contributed by atoms with E-state index in [-0.39, 0.29) is 24.7 Å². The molecule has 0 unspecified atom stereocenters. The van der Waals surface area contributed by atoms with Crippen LogP contribution in [0.5, 0.6) is 0 Å². The van der Waals surface area contributed by atoms with Gasteiger partial charge in [0, 0.05) is 11.6 Å². The second-order valence-corrected chi connectivity index (χ2v) is 8.74. The van der Waals surface area contributed by atoms with Crippen LogP contribution in [-0.4, -0.2) is 15.0 Å². The van der Waals surface area contributed by atoms with Crippen molar-refractivity contribution in [1.82, 2.24) is 14.5 Å². The van der Waals surface area contributed by atoms with E-state index in [2.05, 4.69) is 5.32 Å². The number of hydrogen-bond acceptors (Lipinski definition) is 4. The van der Waals surface area contributed by atoms with Crippen LogP contribution in [0.25, 0.3) is 10.2 Å². The minimum absolute atomic E-state index is 0.0130. The fourth-order valence-electron chi connectivity index (χ4n) is 3.27. The van der Waals surface area contributed by atoms with Crippen molar-refractivity contribution in [2.24, 2.45) is 0 Å². The Kier molecular flexibility index (Phi) is 6.45. The average Bonchev–Trinajstić information content (AvgIpc) is 3.26. The number of aromatic nitrogens is 2. The second-order valence-electron chi connectivity index (χ2n) is 7.01. The van der Waals surface area contributed by atoms with Gasteiger partial charge in [-0.15, -0.1) is 11.3 Å². The van der Waals surface area contributed by atoms with Gasteiger partial charge in [0.05, 0.1) is 17.1 Å². The number of halogens is 3. The number of nitrogens with zero attached hydrogens (tertiary/aromatic N) is 2. The first-order chi connectivity index (χ1) is 15.3. The van der Waals surface area contributed by atoms with Crippen LogP contribution in [0.1, 0.15) is 11.1 Å². The molecule has 0 saturated carbocycles. The highest BCUT2D eigenvalue weighted by atomic mass is 35.5. The first kappa shape index (κ1) is 22.3. The van der Waals surface area contributed by atoms with E-state index in [0.29, 0.717) is 26.4 Å². The molecule has 0 aliphatic rings. The lowest BCUT2D eigenvalue weighted by molar-refractivity contribution is -0.121. The summed E-state index contributed by atoms with van der Waals surface area (Å²) >= 11 is 13.2. The maximum atomic E-state index is 13.3. The van der Waals surface area contributed by atoms with Gasteiger partial charge in [-0.25, -0.2) is 9.18 Å². The van der Waals surface area contributed by atoms with Crippen LogP contribution >= 0.6 is 34.5 Å². The van der Waals surface area contributed by atoms with Gasteiger partial charge in [-0.1, -0.05) is 47.5 Å². The molecule has 32 heavy (non-hydrogen) atoms. The maximum absolute atomic E-state index is 13.3. The fourth-order valence-corrected chi connectivity index (χ4v) is 4.51. The normalized spacial score (nSPS) is 11.1. The number of carbonyl (C=O) groups is 1. The van der Waals surface area contributed by atoms with Crippen LogP contribution in [0.2, 0.25) is 10.0 Å². The van der Waals surface area contributed by atoms with Crippen LogP contribution in [0.15, 0.2) is 63.5 Å². The van der Waals surface area contributed by atoms with Crippen LogP contribution in [-0.2, 0) is 24.4 Å². The molecule has 0 spiro atoms. The first-order valence-electron chi connectivity index (χ1n) is 9.50. The van der Waals surface area contributed by atoms with Crippen molar-refractivity contribution in [3.8, 4) is 0 Å². The molecule has 0 fully saturated rings. The Bertz CT molecular complexity index is 1440. The summed E-state index contributed by atoms with van der Waals surface area (Å²) in [6.45, 7) is -0.190. The van der Waals surface area contributed by atoms with Crippen LogP contribution < -0.4 is 16.6 Å². The highest BCUT2D eigenvalue weighted by Gasteiger charge is 2.17. The molecule has 1 amide bonds. The molecule has 164 valence electrons. The third-order valence-electron chi connectivity index (χ3n) is 4.90. The number of benzene rings is 2. The molecule has 1 N–H and O–H groups in total. The van der Waals surface area contributed by atoms with Gasteiger partial charge in [-0.2, -0.15) is 0 Å². The van der Waals surface area contributed by atoms with Gasteiger partial charge in [0.25, 0.3) is 5.56 Å². The third-order valence-corrected chi connectivity index (χ3v) is 6.45. The number of hydrogen-bond donors (Lipinski definition) is 1. The molecule has 0 aliphatic carbocycles. The largest absolute Gasteiger partial charge is 0.350 e. The van der Waals surface area contributed by atoms with Crippen molar-refractivity contribution in [2.75, 3.05) is 0 Å². The molecular formula is C22H16Cl2FN3O3S. The zero-order valence-corrected chi connectivity index (χ0v) is 18.8. The van der Waals surface area contributed by atoms with Gasteiger partial charge < -0.3 is 5.32 Å². The summed E-state index contributed by atoms with van der Waals surface area (Å²) < 4.78 is 16.0. The Morgan fingerprint density at radius 2 is 1.81 bits per heavy atom. The molecule has 2 aromatic heterocycles. The van der Waals surface area contributed by atoms with Crippen LogP contribution in [0.4, 0.5) is 4.39 Å². The topological polar surface area (TPSA) is 73.1 Å².